The van der Waals surface area contributed by atoms with Crippen LogP contribution in [0.15, 0.2) is 24.3 Å². The van der Waals surface area contributed by atoms with Crippen molar-refractivity contribution in [2.24, 2.45) is 5.92 Å². The maximum absolute atomic E-state index is 11.6. The monoisotopic (exact) mass is 291 g/mol. The van der Waals surface area contributed by atoms with Gasteiger partial charge in [0.2, 0.25) is 5.91 Å². The molecule has 0 unspecified atom stereocenters. The van der Waals surface area contributed by atoms with Crippen LogP contribution in [0, 0.1) is 5.92 Å². The van der Waals surface area contributed by atoms with Gasteiger partial charge in [-0.1, -0.05) is 26.0 Å². The van der Waals surface area contributed by atoms with Gasteiger partial charge in [0.1, 0.15) is 0 Å². The summed E-state index contributed by atoms with van der Waals surface area (Å²) in [5, 5.41) is 6.20. The van der Waals surface area contributed by atoms with E-state index >= 15 is 0 Å². The normalized spacial score (nSPS) is 14.4. The molecular weight excluding hydrogens is 270 g/mol. The molecule has 1 aromatic carbocycles. The van der Waals surface area contributed by atoms with E-state index < -0.39 is 0 Å². The average Bonchev–Trinajstić information content (AvgIpc) is 2.92. The molecule has 20 heavy (non-hydrogen) atoms. The Balaban J connectivity index is 2.05. The van der Waals surface area contributed by atoms with Gasteiger partial charge < -0.3 is 15.5 Å². The van der Waals surface area contributed by atoms with Gasteiger partial charge in [-0.25, -0.2) is 0 Å². The number of nitrogens with one attached hydrogen (secondary N) is 2. The molecule has 5 heteroatoms. The predicted octanol–water partition coefficient (Wildman–Crippen LogP) is 2.76. The Kier molecular flexibility index (Phi) is 4.95. The third-order valence-electron chi connectivity index (χ3n) is 3.36. The summed E-state index contributed by atoms with van der Waals surface area (Å²) < 4.78 is 0. The van der Waals surface area contributed by atoms with E-state index in [4.69, 9.17) is 12.2 Å². The van der Waals surface area contributed by atoms with Crippen LogP contribution in [0.1, 0.15) is 26.7 Å². The fraction of sp³-hybridized carbons (Fsp3) is 0.467. The number of benzene rings is 1. The van der Waals surface area contributed by atoms with Gasteiger partial charge in [-0.05, 0) is 37.2 Å². The number of carbonyl (C=O) groups is 1. The topological polar surface area (TPSA) is 44.4 Å². The molecule has 1 amide bonds. The van der Waals surface area contributed by atoms with Crippen molar-refractivity contribution in [2.75, 3.05) is 23.3 Å². The molecule has 1 saturated heterocycles. The first-order valence-corrected chi connectivity index (χ1v) is 7.44. The minimum atomic E-state index is -0.0800. The van der Waals surface area contributed by atoms with Crippen molar-refractivity contribution in [2.45, 2.75) is 26.7 Å². The summed E-state index contributed by atoms with van der Waals surface area (Å²) >= 11 is 5.20. The van der Waals surface area contributed by atoms with Crippen LogP contribution < -0.4 is 15.5 Å². The predicted molar refractivity (Wildman–Crippen MR) is 87.1 cm³/mol. The van der Waals surface area contributed by atoms with Crippen molar-refractivity contribution in [3.05, 3.63) is 24.3 Å². The minimum Gasteiger partial charge on any atom is -0.370 e. The molecule has 2 rings (SSSR count). The van der Waals surface area contributed by atoms with E-state index in [-0.39, 0.29) is 11.8 Å². The summed E-state index contributed by atoms with van der Waals surface area (Å²) in [7, 11) is 0. The standard InChI is InChI=1S/C15H21N3OS/c1-11(2)14(19)17-15(20)16-12-7-3-4-8-13(12)18-9-5-6-10-18/h3-4,7-8,11H,5-6,9-10H2,1-2H3,(H2,16,17,19,20). The SMILES string of the molecule is CC(C)C(=O)NC(=S)Nc1ccccc1N1CCCC1. The number of rotatable bonds is 3. The Bertz CT molecular complexity index is 496. The van der Waals surface area contributed by atoms with E-state index in [9.17, 15) is 4.79 Å². The minimum absolute atomic E-state index is 0.0684. The first kappa shape index (κ1) is 14.8. The summed E-state index contributed by atoms with van der Waals surface area (Å²) in [4.78, 5) is 14.0. The molecule has 4 nitrogen and oxygen atoms in total. The van der Waals surface area contributed by atoms with Gasteiger partial charge >= 0.3 is 0 Å². The summed E-state index contributed by atoms with van der Waals surface area (Å²) in [6.07, 6.45) is 2.45. The van der Waals surface area contributed by atoms with Crippen molar-refractivity contribution in [3.8, 4) is 0 Å². The number of carbonyl (C=O) groups excluding carboxylic acids is 1. The van der Waals surface area contributed by atoms with Gasteiger partial charge in [0.15, 0.2) is 5.11 Å². The van der Waals surface area contributed by atoms with E-state index in [0.29, 0.717) is 5.11 Å². The molecule has 0 atom stereocenters. The third kappa shape index (κ3) is 3.70. The molecule has 1 fully saturated rings. The Morgan fingerprint density at radius 3 is 2.55 bits per heavy atom. The van der Waals surface area contributed by atoms with Crippen LogP contribution in [0.25, 0.3) is 0 Å². The highest BCUT2D eigenvalue weighted by Crippen LogP contribution is 2.28. The van der Waals surface area contributed by atoms with E-state index in [1.165, 1.54) is 12.8 Å². The number of amides is 1. The van der Waals surface area contributed by atoms with E-state index in [0.717, 1.165) is 24.5 Å². The highest BCUT2D eigenvalue weighted by molar-refractivity contribution is 7.80. The molecule has 1 heterocycles. The van der Waals surface area contributed by atoms with Crippen LogP contribution in [-0.2, 0) is 4.79 Å². The molecule has 0 radical (unpaired) electrons. The fourth-order valence-electron chi connectivity index (χ4n) is 2.22. The first-order valence-electron chi connectivity index (χ1n) is 7.04. The van der Waals surface area contributed by atoms with Crippen LogP contribution in [0.5, 0.6) is 0 Å². The lowest BCUT2D eigenvalue weighted by Crippen LogP contribution is -2.37. The van der Waals surface area contributed by atoms with Gasteiger partial charge in [0.05, 0.1) is 11.4 Å². The molecule has 0 spiro atoms. The number of hydrogen-bond donors (Lipinski definition) is 2. The molecule has 0 aromatic heterocycles. The maximum atomic E-state index is 11.6. The van der Waals surface area contributed by atoms with E-state index in [2.05, 4.69) is 21.6 Å². The van der Waals surface area contributed by atoms with Gasteiger partial charge in [0, 0.05) is 19.0 Å². The molecule has 0 aliphatic carbocycles. The summed E-state index contributed by atoms with van der Waals surface area (Å²) in [5.74, 6) is -0.148. The second kappa shape index (κ2) is 6.70. The van der Waals surface area contributed by atoms with E-state index in [1.807, 2.05) is 32.0 Å². The van der Waals surface area contributed by atoms with Crippen molar-refractivity contribution in [1.82, 2.24) is 5.32 Å². The largest absolute Gasteiger partial charge is 0.370 e. The second-order valence-electron chi connectivity index (χ2n) is 5.31. The van der Waals surface area contributed by atoms with Gasteiger partial charge in [0.25, 0.3) is 0 Å². The van der Waals surface area contributed by atoms with Crippen LogP contribution in [0.4, 0.5) is 11.4 Å². The average molecular weight is 291 g/mol. The summed E-state index contributed by atoms with van der Waals surface area (Å²) in [6.45, 7) is 5.83. The van der Waals surface area contributed by atoms with Crippen molar-refractivity contribution in [3.63, 3.8) is 0 Å². The molecule has 2 N–H and O–H groups in total. The number of para-hydroxylation sites is 2. The molecular formula is C15H21N3OS. The van der Waals surface area contributed by atoms with Crippen LogP contribution in [-0.4, -0.2) is 24.1 Å². The Hall–Kier alpha value is -1.62. The summed E-state index contributed by atoms with van der Waals surface area (Å²) in [5.41, 5.74) is 2.09. The number of nitrogens with zero attached hydrogens (tertiary/aromatic N) is 1. The number of hydrogen-bond acceptors (Lipinski definition) is 3. The molecule has 1 aromatic rings. The fourth-order valence-corrected chi connectivity index (χ4v) is 2.43. The third-order valence-corrected chi connectivity index (χ3v) is 3.56. The molecule has 108 valence electrons. The van der Waals surface area contributed by atoms with Gasteiger partial charge in [-0.15, -0.1) is 0 Å². The van der Waals surface area contributed by atoms with E-state index in [1.54, 1.807) is 0 Å². The molecule has 1 aliphatic heterocycles. The highest BCUT2D eigenvalue weighted by atomic mass is 32.1. The van der Waals surface area contributed by atoms with Gasteiger partial charge in [-0.3, -0.25) is 4.79 Å². The molecule has 0 bridgehead atoms. The zero-order valence-electron chi connectivity index (χ0n) is 12.0. The lowest BCUT2D eigenvalue weighted by atomic mass is 10.2. The van der Waals surface area contributed by atoms with Crippen LogP contribution in [0.2, 0.25) is 0 Å². The highest BCUT2D eigenvalue weighted by Gasteiger charge is 2.16. The number of thiocarbonyl (C=S) groups is 1. The smallest absolute Gasteiger partial charge is 0.228 e. The quantitative estimate of drug-likeness (QED) is 0.841. The van der Waals surface area contributed by atoms with Crippen molar-refractivity contribution in [1.29, 1.82) is 0 Å². The molecule has 0 saturated carbocycles. The zero-order valence-corrected chi connectivity index (χ0v) is 12.8. The zero-order chi connectivity index (χ0) is 14.5. The lowest BCUT2D eigenvalue weighted by Gasteiger charge is -2.22. The van der Waals surface area contributed by atoms with Gasteiger partial charge in [-0.2, -0.15) is 0 Å². The van der Waals surface area contributed by atoms with Crippen molar-refractivity contribution >= 4 is 34.6 Å². The molecule has 1 aliphatic rings. The lowest BCUT2D eigenvalue weighted by molar-refractivity contribution is -0.122. The second-order valence-corrected chi connectivity index (χ2v) is 5.72. The Labute approximate surface area is 125 Å². The maximum Gasteiger partial charge on any atom is 0.228 e. The number of anilines is 2. The van der Waals surface area contributed by atoms with Crippen LogP contribution in [0.3, 0.4) is 0 Å². The van der Waals surface area contributed by atoms with Crippen LogP contribution >= 0.6 is 12.2 Å². The Morgan fingerprint density at radius 2 is 1.90 bits per heavy atom. The summed E-state index contributed by atoms with van der Waals surface area (Å²) in [6, 6.07) is 8.06. The van der Waals surface area contributed by atoms with Crippen molar-refractivity contribution < 1.29 is 4.79 Å². The Morgan fingerprint density at radius 1 is 1.25 bits per heavy atom. The first-order chi connectivity index (χ1) is 9.58.